The van der Waals surface area contributed by atoms with Crippen molar-refractivity contribution in [2.45, 2.75) is 38.6 Å². The van der Waals surface area contributed by atoms with Crippen molar-refractivity contribution in [3.05, 3.63) is 55.7 Å². The standard InChI is InChI=1S/C25H31ClN6O3/c1-28-21-20(23(34)29(2)25(28)35)32(16-17-8-10-19(26)11-9-17)24(27-21)31-14-12-30(13-15-31)22(33)18-6-4-3-5-7-18/h8-11,18H,3-7,12-16H2,1-2H3. The lowest BCUT2D eigenvalue weighted by molar-refractivity contribution is -0.136. The van der Waals surface area contributed by atoms with Gasteiger partial charge in [-0.15, -0.1) is 0 Å². The van der Waals surface area contributed by atoms with Crippen LogP contribution >= 0.6 is 11.6 Å². The lowest BCUT2D eigenvalue weighted by Gasteiger charge is -2.37. The fourth-order valence-corrected chi connectivity index (χ4v) is 5.46. The number of aromatic nitrogens is 4. The summed E-state index contributed by atoms with van der Waals surface area (Å²) in [5.74, 6) is 1.07. The third-order valence-electron chi connectivity index (χ3n) is 7.41. The van der Waals surface area contributed by atoms with Crippen LogP contribution in [-0.4, -0.2) is 55.7 Å². The zero-order chi connectivity index (χ0) is 24.7. The van der Waals surface area contributed by atoms with E-state index in [9.17, 15) is 14.4 Å². The Kier molecular flexibility index (Phi) is 6.44. The van der Waals surface area contributed by atoms with Gasteiger partial charge in [-0.25, -0.2) is 4.79 Å². The number of halogens is 1. The van der Waals surface area contributed by atoms with Gasteiger partial charge in [-0.05, 0) is 30.5 Å². The minimum absolute atomic E-state index is 0.155. The number of aryl methyl sites for hydroxylation is 1. The molecule has 0 bridgehead atoms. The first-order valence-corrected chi connectivity index (χ1v) is 12.7. The minimum Gasteiger partial charge on any atom is -0.339 e. The summed E-state index contributed by atoms with van der Waals surface area (Å²) in [5.41, 5.74) is 0.940. The fourth-order valence-electron chi connectivity index (χ4n) is 5.33. The predicted octanol–water partition coefficient (Wildman–Crippen LogP) is 2.36. The van der Waals surface area contributed by atoms with Crippen molar-refractivity contribution in [3.63, 3.8) is 0 Å². The molecule has 3 aromatic rings. The van der Waals surface area contributed by atoms with Crippen LogP contribution in [-0.2, 0) is 25.4 Å². The quantitative estimate of drug-likeness (QED) is 0.551. The van der Waals surface area contributed by atoms with Crippen LogP contribution in [0.2, 0.25) is 5.02 Å². The van der Waals surface area contributed by atoms with Crippen molar-refractivity contribution in [1.82, 2.24) is 23.6 Å². The average molecular weight is 499 g/mol. The van der Waals surface area contributed by atoms with Crippen LogP contribution in [0.4, 0.5) is 5.95 Å². The molecule has 3 heterocycles. The Morgan fingerprint density at radius 2 is 1.63 bits per heavy atom. The summed E-state index contributed by atoms with van der Waals surface area (Å²) >= 11 is 6.07. The topological polar surface area (TPSA) is 85.4 Å². The highest BCUT2D eigenvalue weighted by atomic mass is 35.5. The predicted molar refractivity (Wildman–Crippen MR) is 136 cm³/mol. The van der Waals surface area contributed by atoms with Gasteiger partial charge in [0.05, 0.1) is 6.54 Å². The van der Waals surface area contributed by atoms with E-state index in [0.717, 1.165) is 35.8 Å². The maximum Gasteiger partial charge on any atom is 0.332 e. The molecule has 9 nitrogen and oxygen atoms in total. The molecule has 2 aromatic heterocycles. The van der Waals surface area contributed by atoms with Crippen molar-refractivity contribution in [2.75, 3.05) is 31.1 Å². The number of carbonyl (C=O) groups is 1. The van der Waals surface area contributed by atoms with E-state index < -0.39 is 5.69 Å². The highest BCUT2D eigenvalue weighted by Gasteiger charge is 2.30. The molecule has 1 saturated carbocycles. The van der Waals surface area contributed by atoms with Crippen LogP contribution in [0.5, 0.6) is 0 Å². The maximum atomic E-state index is 13.2. The number of hydrogen-bond acceptors (Lipinski definition) is 5. The molecule has 1 aliphatic heterocycles. The van der Waals surface area contributed by atoms with Gasteiger partial charge in [0.2, 0.25) is 11.9 Å². The van der Waals surface area contributed by atoms with Gasteiger partial charge in [0.25, 0.3) is 5.56 Å². The van der Waals surface area contributed by atoms with E-state index in [0.29, 0.717) is 54.9 Å². The fraction of sp³-hybridized carbons (Fsp3) is 0.520. The van der Waals surface area contributed by atoms with E-state index >= 15 is 0 Å². The van der Waals surface area contributed by atoms with Gasteiger partial charge in [-0.1, -0.05) is 43.0 Å². The minimum atomic E-state index is -0.409. The van der Waals surface area contributed by atoms with Gasteiger partial charge < -0.3 is 9.80 Å². The van der Waals surface area contributed by atoms with Crippen molar-refractivity contribution >= 4 is 34.6 Å². The molecule has 0 spiro atoms. The summed E-state index contributed by atoms with van der Waals surface area (Å²) in [7, 11) is 3.12. The van der Waals surface area contributed by atoms with Crippen LogP contribution in [0.1, 0.15) is 37.7 Å². The Labute approximate surface area is 208 Å². The van der Waals surface area contributed by atoms with Gasteiger partial charge in [0.15, 0.2) is 11.2 Å². The molecule has 1 saturated heterocycles. The van der Waals surface area contributed by atoms with E-state index in [-0.39, 0.29) is 17.4 Å². The van der Waals surface area contributed by atoms with E-state index in [4.69, 9.17) is 16.6 Å². The first-order chi connectivity index (χ1) is 16.8. The van der Waals surface area contributed by atoms with Gasteiger partial charge in [0.1, 0.15) is 0 Å². The molecule has 5 rings (SSSR count). The molecule has 2 fully saturated rings. The number of carbonyl (C=O) groups excluding carboxylic acids is 1. The number of nitrogens with zero attached hydrogens (tertiary/aromatic N) is 6. The molecule has 10 heteroatoms. The second-order valence-electron chi connectivity index (χ2n) is 9.65. The molecule has 0 unspecified atom stereocenters. The summed E-state index contributed by atoms with van der Waals surface area (Å²) in [6, 6.07) is 7.48. The Balaban J connectivity index is 1.48. The summed E-state index contributed by atoms with van der Waals surface area (Å²) < 4.78 is 4.42. The Morgan fingerprint density at radius 1 is 0.971 bits per heavy atom. The van der Waals surface area contributed by atoms with Gasteiger partial charge in [-0.3, -0.25) is 23.3 Å². The van der Waals surface area contributed by atoms with E-state index in [1.807, 2.05) is 33.7 Å². The maximum absolute atomic E-state index is 13.2. The van der Waals surface area contributed by atoms with Crippen LogP contribution in [0.15, 0.2) is 33.9 Å². The number of piperazine rings is 1. The van der Waals surface area contributed by atoms with E-state index in [1.165, 1.54) is 18.0 Å². The summed E-state index contributed by atoms with van der Waals surface area (Å²) in [5, 5.41) is 0.640. The van der Waals surface area contributed by atoms with Crippen LogP contribution in [0.3, 0.4) is 0 Å². The van der Waals surface area contributed by atoms with Crippen molar-refractivity contribution < 1.29 is 4.79 Å². The van der Waals surface area contributed by atoms with E-state index in [1.54, 1.807) is 7.05 Å². The van der Waals surface area contributed by atoms with Gasteiger partial charge in [-0.2, -0.15) is 4.98 Å². The molecule has 0 atom stereocenters. The summed E-state index contributed by atoms with van der Waals surface area (Å²) in [6.07, 6.45) is 5.49. The average Bonchev–Trinajstić information content (AvgIpc) is 3.27. The number of rotatable bonds is 4. The van der Waals surface area contributed by atoms with Gasteiger partial charge >= 0.3 is 5.69 Å². The summed E-state index contributed by atoms with van der Waals surface area (Å²) in [4.78, 5) is 47.7. The SMILES string of the molecule is Cn1c(=O)c2c(nc(N3CCN(C(=O)C4CCCCC4)CC3)n2Cc2ccc(Cl)cc2)n(C)c1=O. The number of hydrogen-bond donors (Lipinski definition) is 0. The number of fused-ring (bicyclic) bond motifs is 1. The van der Waals surface area contributed by atoms with Crippen LogP contribution in [0, 0.1) is 5.92 Å². The van der Waals surface area contributed by atoms with Crippen LogP contribution in [0.25, 0.3) is 11.2 Å². The molecule has 0 N–H and O–H groups in total. The monoisotopic (exact) mass is 498 g/mol. The third kappa shape index (κ3) is 4.37. The lowest BCUT2D eigenvalue weighted by Crippen LogP contribution is -2.51. The van der Waals surface area contributed by atoms with Crippen molar-refractivity contribution in [1.29, 1.82) is 0 Å². The second kappa shape index (κ2) is 9.53. The Hall–Kier alpha value is -3.07. The molecule has 186 valence electrons. The van der Waals surface area contributed by atoms with Crippen LogP contribution < -0.4 is 16.1 Å². The highest BCUT2D eigenvalue weighted by molar-refractivity contribution is 6.30. The Morgan fingerprint density at radius 3 is 2.29 bits per heavy atom. The third-order valence-corrected chi connectivity index (χ3v) is 7.66. The number of anilines is 1. The molecule has 2 aliphatic rings. The smallest absolute Gasteiger partial charge is 0.332 e. The molecule has 0 radical (unpaired) electrons. The highest BCUT2D eigenvalue weighted by Crippen LogP contribution is 2.27. The molecule has 35 heavy (non-hydrogen) atoms. The second-order valence-corrected chi connectivity index (χ2v) is 10.1. The normalized spacial score (nSPS) is 17.3. The number of benzene rings is 1. The van der Waals surface area contributed by atoms with Crippen molar-refractivity contribution in [3.8, 4) is 0 Å². The van der Waals surface area contributed by atoms with E-state index in [2.05, 4.69) is 4.90 Å². The molecule has 1 aromatic carbocycles. The zero-order valence-corrected chi connectivity index (χ0v) is 21.0. The molecular weight excluding hydrogens is 468 g/mol. The molecule has 1 aliphatic carbocycles. The zero-order valence-electron chi connectivity index (χ0n) is 20.2. The number of imidazole rings is 1. The number of amides is 1. The largest absolute Gasteiger partial charge is 0.339 e. The lowest BCUT2D eigenvalue weighted by atomic mass is 9.88. The first-order valence-electron chi connectivity index (χ1n) is 12.3. The molecular formula is C25H31ClN6O3. The Bertz CT molecular complexity index is 1360. The summed E-state index contributed by atoms with van der Waals surface area (Å²) in [6.45, 7) is 2.90. The van der Waals surface area contributed by atoms with Gasteiger partial charge in [0, 0.05) is 51.2 Å². The molecule has 1 amide bonds. The van der Waals surface area contributed by atoms with Crippen molar-refractivity contribution in [2.24, 2.45) is 20.0 Å². The first kappa shape index (κ1) is 23.7.